The van der Waals surface area contributed by atoms with Crippen LogP contribution in [-0.2, 0) is 0 Å². The van der Waals surface area contributed by atoms with E-state index in [-0.39, 0.29) is 29.1 Å². The highest BCUT2D eigenvalue weighted by molar-refractivity contribution is 6.22. The molecule has 0 spiro atoms. The molecule has 1 aliphatic rings. The number of hydrogen-bond donors (Lipinski definition) is 0. The summed E-state index contributed by atoms with van der Waals surface area (Å²) in [5.41, 5.74) is 1.68. The van der Waals surface area contributed by atoms with Crippen molar-refractivity contribution in [2.75, 3.05) is 6.54 Å². The zero-order valence-electron chi connectivity index (χ0n) is 13.1. The van der Waals surface area contributed by atoms with Gasteiger partial charge in [0.15, 0.2) is 0 Å². The number of imide groups is 1. The van der Waals surface area contributed by atoms with E-state index in [2.05, 4.69) is 6.58 Å². The van der Waals surface area contributed by atoms with Gasteiger partial charge in [-0.25, -0.2) is 4.79 Å². The van der Waals surface area contributed by atoms with Crippen molar-refractivity contribution < 1.29 is 19.1 Å². The lowest BCUT2D eigenvalue weighted by atomic mass is 10.1. The van der Waals surface area contributed by atoms with Crippen LogP contribution >= 0.6 is 0 Å². The maximum Gasteiger partial charge on any atom is 0.343 e. The molecule has 0 saturated heterocycles. The van der Waals surface area contributed by atoms with Crippen molar-refractivity contribution in [3.8, 4) is 5.75 Å². The molecule has 0 fully saturated rings. The van der Waals surface area contributed by atoms with Gasteiger partial charge in [0.2, 0.25) is 0 Å². The van der Waals surface area contributed by atoms with Crippen molar-refractivity contribution >= 4 is 17.8 Å². The lowest BCUT2D eigenvalue weighted by Crippen LogP contribution is -2.29. The third kappa shape index (κ3) is 2.72. The van der Waals surface area contributed by atoms with E-state index in [0.717, 1.165) is 10.5 Å². The van der Waals surface area contributed by atoms with Crippen LogP contribution in [0.1, 0.15) is 36.6 Å². The minimum absolute atomic E-state index is 0.134. The van der Waals surface area contributed by atoms with Gasteiger partial charge in [0, 0.05) is 6.54 Å². The Kier molecular flexibility index (Phi) is 4.00. The average molecular weight is 321 g/mol. The number of amides is 2. The smallest absolute Gasteiger partial charge is 0.343 e. The van der Waals surface area contributed by atoms with Gasteiger partial charge in [-0.15, -0.1) is 6.58 Å². The first-order valence-electron chi connectivity index (χ1n) is 7.41. The van der Waals surface area contributed by atoms with E-state index in [1.54, 1.807) is 18.2 Å². The molecule has 3 rings (SSSR count). The predicted octanol–water partition coefficient (Wildman–Crippen LogP) is 3.00. The largest absolute Gasteiger partial charge is 0.423 e. The molecule has 1 heterocycles. The molecule has 2 amide bonds. The fourth-order valence-corrected chi connectivity index (χ4v) is 2.56. The van der Waals surface area contributed by atoms with Crippen LogP contribution in [0.2, 0.25) is 0 Å². The molecule has 5 heteroatoms. The molecular weight excluding hydrogens is 306 g/mol. The number of hydrogen-bond acceptors (Lipinski definition) is 4. The van der Waals surface area contributed by atoms with Crippen LogP contribution in [0.4, 0.5) is 0 Å². The molecule has 1 aliphatic heterocycles. The molecular formula is C19H15NO4. The van der Waals surface area contributed by atoms with Gasteiger partial charge in [-0.05, 0) is 42.8 Å². The summed E-state index contributed by atoms with van der Waals surface area (Å²) >= 11 is 0. The molecule has 24 heavy (non-hydrogen) atoms. The highest BCUT2D eigenvalue weighted by Crippen LogP contribution is 2.24. The molecule has 0 saturated carbocycles. The van der Waals surface area contributed by atoms with Crippen molar-refractivity contribution in [3.63, 3.8) is 0 Å². The lowest BCUT2D eigenvalue weighted by molar-refractivity contribution is 0.0671. The molecule has 2 aromatic rings. The van der Waals surface area contributed by atoms with Gasteiger partial charge in [-0.2, -0.15) is 0 Å². The van der Waals surface area contributed by atoms with Gasteiger partial charge >= 0.3 is 5.97 Å². The van der Waals surface area contributed by atoms with Crippen molar-refractivity contribution in [3.05, 3.63) is 77.4 Å². The van der Waals surface area contributed by atoms with Crippen LogP contribution in [0, 0.1) is 6.92 Å². The van der Waals surface area contributed by atoms with Gasteiger partial charge in [0.25, 0.3) is 11.8 Å². The Morgan fingerprint density at radius 1 is 1.12 bits per heavy atom. The van der Waals surface area contributed by atoms with Gasteiger partial charge in [0.1, 0.15) is 5.75 Å². The second-order valence-corrected chi connectivity index (χ2v) is 5.48. The minimum atomic E-state index is -0.578. The Bertz CT molecular complexity index is 869. The molecule has 0 atom stereocenters. The summed E-state index contributed by atoms with van der Waals surface area (Å²) in [4.78, 5) is 37.8. The third-order valence-electron chi connectivity index (χ3n) is 3.72. The summed E-state index contributed by atoms with van der Waals surface area (Å²) in [6, 6.07) is 11.5. The lowest BCUT2D eigenvalue weighted by Gasteiger charge is -2.09. The molecule has 0 aromatic heterocycles. The fraction of sp³-hybridized carbons (Fsp3) is 0.105. The van der Waals surface area contributed by atoms with E-state index in [1.807, 2.05) is 13.0 Å². The molecule has 0 bridgehead atoms. The second-order valence-electron chi connectivity index (χ2n) is 5.48. The number of aryl methyl sites for hydroxylation is 1. The van der Waals surface area contributed by atoms with E-state index in [9.17, 15) is 14.4 Å². The molecule has 0 aliphatic carbocycles. The first-order valence-corrected chi connectivity index (χ1v) is 7.41. The number of ether oxygens (including phenoxy) is 1. The van der Waals surface area contributed by atoms with Crippen molar-refractivity contribution in [1.82, 2.24) is 4.90 Å². The topological polar surface area (TPSA) is 63.7 Å². The van der Waals surface area contributed by atoms with Crippen LogP contribution in [0.5, 0.6) is 5.75 Å². The number of nitrogens with zero attached hydrogens (tertiary/aromatic N) is 1. The number of esters is 1. The van der Waals surface area contributed by atoms with Gasteiger partial charge in [-0.1, -0.05) is 18.2 Å². The first-order chi connectivity index (χ1) is 11.5. The SMILES string of the molecule is C=CCN1C(=O)c2ccc(C(=O)Oc3cccc(C)c3)cc2C1=O. The summed E-state index contributed by atoms with van der Waals surface area (Å²) in [5.74, 6) is -0.962. The highest BCUT2D eigenvalue weighted by Gasteiger charge is 2.35. The average Bonchev–Trinajstić information content (AvgIpc) is 2.80. The zero-order chi connectivity index (χ0) is 17.3. The number of carbonyl (C=O) groups is 3. The van der Waals surface area contributed by atoms with Crippen LogP contribution in [0.15, 0.2) is 55.1 Å². The molecule has 5 nitrogen and oxygen atoms in total. The fourth-order valence-electron chi connectivity index (χ4n) is 2.56. The van der Waals surface area contributed by atoms with Crippen molar-refractivity contribution in [2.24, 2.45) is 0 Å². The summed E-state index contributed by atoms with van der Waals surface area (Å²) < 4.78 is 5.31. The van der Waals surface area contributed by atoms with Crippen molar-refractivity contribution in [2.45, 2.75) is 6.92 Å². The first kappa shape index (κ1) is 15.7. The minimum Gasteiger partial charge on any atom is -0.423 e. The summed E-state index contributed by atoms with van der Waals surface area (Å²) in [7, 11) is 0. The Balaban J connectivity index is 1.87. The van der Waals surface area contributed by atoms with Gasteiger partial charge in [-0.3, -0.25) is 14.5 Å². The van der Waals surface area contributed by atoms with E-state index in [1.165, 1.54) is 24.3 Å². The highest BCUT2D eigenvalue weighted by atomic mass is 16.5. The molecule has 120 valence electrons. The maximum atomic E-state index is 12.3. The van der Waals surface area contributed by atoms with Crippen LogP contribution < -0.4 is 4.74 Å². The summed E-state index contributed by atoms with van der Waals surface area (Å²) in [6.45, 7) is 5.56. The Hall–Kier alpha value is -3.21. The molecule has 0 unspecified atom stereocenters. The Morgan fingerprint density at radius 3 is 2.58 bits per heavy atom. The van der Waals surface area contributed by atoms with Crippen LogP contribution in [0.3, 0.4) is 0 Å². The van der Waals surface area contributed by atoms with Gasteiger partial charge < -0.3 is 4.74 Å². The van der Waals surface area contributed by atoms with Crippen molar-refractivity contribution in [1.29, 1.82) is 0 Å². The number of fused-ring (bicyclic) bond motifs is 1. The quantitative estimate of drug-likeness (QED) is 0.376. The third-order valence-corrected chi connectivity index (χ3v) is 3.72. The van der Waals surface area contributed by atoms with Crippen LogP contribution in [-0.4, -0.2) is 29.2 Å². The Labute approximate surface area is 139 Å². The standard InChI is InChI=1S/C19H15NO4/c1-3-9-20-17(21)15-8-7-13(11-16(15)18(20)22)19(23)24-14-6-4-5-12(2)10-14/h3-8,10-11H,1,9H2,2H3. The second kappa shape index (κ2) is 6.12. The molecule has 0 radical (unpaired) electrons. The summed E-state index contributed by atoms with van der Waals surface area (Å²) in [6.07, 6.45) is 1.48. The predicted molar refractivity (Wildman–Crippen MR) is 88.1 cm³/mol. The monoisotopic (exact) mass is 321 g/mol. The number of benzene rings is 2. The summed E-state index contributed by atoms with van der Waals surface area (Å²) in [5, 5.41) is 0. The van der Waals surface area contributed by atoms with E-state index in [0.29, 0.717) is 5.75 Å². The van der Waals surface area contributed by atoms with E-state index >= 15 is 0 Å². The van der Waals surface area contributed by atoms with E-state index < -0.39 is 11.9 Å². The zero-order valence-corrected chi connectivity index (χ0v) is 13.1. The van der Waals surface area contributed by atoms with Gasteiger partial charge in [0.05, 0.1) is 16.7 Å². The molecule has 2 aromatic carbocycles. The maximum absolute atomic E-state index is 12.3. The molecule has 0 N–H and O–H groups in total. The van der Waals surface area contributed by atoms with E-state index in [4.69, 9.17) is 4.74 Å². The number of carbonyl (C=O) groups excluding carboxylic acids is 3. The number of rotatable bonds is 4. The van der Waals surface area contributed by atoms with Crippen LogP contribution in [0.25, 0.3) is 0 Å². The Morgan fingerprint density at radius 2 is 1.88 bits per heavy atom. The normalized spacial score (nSPS) is 13.0.